The maximum Gasteiger partial charge on any atom is 0.243 e. The Kier molecular flexibility index (Phi) is 5.27. The lowest BCUT2D eigenvalue weighted by molar-refractivity contribution is -0.133. The number of hydrogen-bond donors (Lipinski definition) is 1. The summed E-state index contributed by atoms with van der Waals surface area (Å²) in [4.78, 5) is 21.0. The lowest BCUT2D eigenvalue weighted by Gasteiger charge is -2.37. The predicted octanol–water partition coefficient (Wildman–Crippen LogP) is 0.973. The number of nitrogens with one attached hydrogen (secondary N) is 1. The Hall–Kier alpha value is -1.47. The molecule has 2 fully saturated rings. The zero-order valence-corrected chi connectivity index (χ0v) is 14.1. The van der Waals surface area contributed by atoms with Gasteiger partial charge in [-0.3, -0.25) is 9.69 Å². The SMILES string of the molecule is Cc1noc(C(C)N2CCN(C(=O)CCC3CCNC3)CC2)n1. The summed E-state index contributed by atoms with van der Waals surface area (Å²) in [5, 5.41) is 7.21. The second-order valence-electron chi connectivity index (χ2n) is 6.67. The molecule has 128 valence electrons. The van der Waals surface area contributed by atoms with Crippen molar-refractivity contribution in [2.24, 2.45) is 5.92 Å². The van der Waals surface area contributed by atoms with Gasteiger partial charge >= 0.3 is 0 Å². The van der Waals surface area contributed by atoms with Gasteiger partial charge in [0.05, 0.1) is 6.04 Å². The highest BCUT2D eigenvalue weighted by atomic mass is 16.5. The fourth-order valence-electron chi connectivity index (χ4n) is 3.44. The standard InChI is InChI=1S/C16H27N5O2/c1-12(16-18-13(2)19-23-16)20-7-9-21(10-8-20)15(22)4-3-14-5-6-17-11-14/h12,14,17H,3-11H2,1-2H3. The summed E-state index contributed by atoms with van der Waals surface area (Å²) in [5.41, 5.74) is 0. The van der Waals surface area contributed by atoms with Crippen LogP contribution in [0.3, 0.4) is 0 Å². The van der Waals surface area contributed by atoms with Gasteiger partial charge in [0.1, 0.15) is 0 Å². The first kappa shape index (κ1) is 16.4. The molecule has 2 saturated heterocycles. The minimum absolute atomic E-state index is 0.109. The molecule has 0 aromatic carbocycles. The van der Waals surface area contributed by atoms with E-state index in [4.69, 9.17) is 4.52 Å². The normalized spacial score (nSPS) is 24.1. The fraction of sp³-hybridized carbons (Fsp3) is 0.812. The third kappa shape index (κ3) is 4.09. The molecule has 0 bridgehead atoms. The zero-order chi connectivity index (χ0) is 16.2. The summed E-state index contributed by atoms with van der Waals surface area (Å²) in [7, 11) is 0. The summed E-state index contributed by atoms with van der Waals surface area (Å²) in [5.74, 6) is 2.32. The lowest BCUT2D eigenvalue weighted by Crippen LogP contribution is -2.49. The van der Waals surface area contributed by atoms with Crippen LogP contribution in [0.15, 0.2) is 4.52 Å². The molecule has 1 aromatic rings. The van der Waals surface area contributed by atoms with Gasteiger partial charge in [0, 0.05) is 32.6 Å². The molecule has 23 heavy (non-hydrogen) atoms. The topological polar surface area (TPSA) is 74.5 Å². The molecular weight excluding hydrogens is 294 g/mol. The molecule has 0 radical (unpaired) electrons. The maximum atomic E-state index is 12.4. The van der Waals surface area contributed by atoms with Gasteiger partial charge < -0.3 is 14.7 Å². The third-order valence-corrected chi connectivity index (χ3v) is 5.04. The smallest absolute Gasteiger partial charge is 0.243 e. The summed E-state index contributed by atoms with van der Waals surface area (Å²) < 4.78 is 5.26. The van der Waals surface area contributed by atoms with Gasteiger partial charge in [-0.1, -0.05) is 5.16 Å². The largest absolute Gasteiger partial charge is 0.340 e. The molecule has 7 heteroatoms. The van der Waals surface area contributed by atoms with Crippen molar-refractivity contribution in [3.63, 3.8) is 0 Å². The lowest BCUT2D eigenvalue weighted by atomic mass is 10.0. The van der Waals surface area contributed by atoms with E-state index in [1.165, 1.54) is 6.42 Å². The van der Waals surface area contributed by atoms with Crippen LogP contribution < -0.4 is 5.32 Å². The van der Waals surface area contributed by atoms with Crippen molar-refractivity contribution >= 4 is 5.91 Å². The van der Waals surface area contributed by atoms with Crippen LogP contribution in [0.4, 0.5) is 0 Å². The van der Waals surface area contributed by atoms with Crippen LogP contribution in [0.5, 0.6) is 0 Å². The van der Waals surface area contributed by atoms with Gasteiger partial charge in [0.25, 0.3) is 0 Å². The van der Waals surface area contributed by atoms with Crippen molar-refractivity contribution in [1.29, 1.82) is 0 Å². The van der Waals surface area contributed by atoms with E-state index < -0.39 is 0 Å². The van der Waals surface area contributed by atoms with Crippen LogP contribution >= 0.6 is 0 Å². The number of aromatic nitrogens is 2. The number of nitrogens with zero attached hydrogens (tertiary/aromatic N) is 4. The molecule has 2 aliphatic rings. The molecular formula is C16H27N5O2. The number of aryl methyl sites for hydroxylation is 1. The molecule has 3 heterocycles. The molecule has 2 aliphatic heterocycles. The zero-order valence-electron chi connectivity index (χ0n) is 14.1. The average molecular weight is 321 g/mol. The summed E-state index contributed by atoms with van der Waals surface area (Å²) in [6.07, 6.45) is 2.91. The average Bonchev–Trinajstić information content (AvgIpc) is 3.23. The first-order chi connectivity index (χ1) is 11.1. The van der Waals surface area contributed by atoms with Crippen LogP contribution in [0.2, 0.25) is 0 Å². The van der Waals surface area contributed by atoms with E-state index in [9.17, 15) is 4.79 Å². The number of hydrogen-bond acceptors (Lipinski definition) is 6. The minimum atomic E-state index is 0.109. The van der Waals surface area contributed by atoms with E-state index in [0.29, 0.717) is 30.0 Å². The van der Waals surface area contributed by atoms with Crippen LogP contribution in [0.25, 0.3) is 0 Å². The van der Waals surface area contributed by atoms with E-state index in [2.05, 4.69) is 27.3 Å². The Bertz CT molecular complexity index is 518. The Morgan fingerprint density at radius 1 is 1.39 bits per heavy atom. The van der Waals surface area contributed by atoms with Crippen LogP contribution in [0.1, 0.15) is 43.9 Å². The summed E-state index contributed by atoms with van der Waals surface area (Å²) in [6, 6.07) is 0.109. The quantitative estimate of drug-likeness (QED) is 0.871. The summed E-state index contributed by atoms with van der Waals surface area (Å²) in [6.45, 7) is 9.39. The van der Waals surface area contributed by atoms with Gasteiger partial charge in [-0.05, 0) is 45.7 Å². The second-order valence-corrected chi connectivity index (χ2v) is 6.67. The Labute approximate surface area is 137 Å². The van der Waals surface area contributed by atoms with E-state index in [1.807, 2.05) is 11.8 Å². The first-order valence-electron chi connectivity index (χ1n) is 8.66. The summed E-state index contributed by atoms with van der Waals surface area (Å²) >= 11 is 0. The fourth-order valence-corrected chi connectivity index (χ4v) is 3.44. The number of rotatable bonds is 5. The molecule has 1 amide bonds. The van der Waals surface area contributed by atoms with Gasteiger partial charge in [-0.25, -0.2) is 0 Å². The van der Waals surface area contributed by atoms with E-state index >= 15 is 0 Å². The van der Waals surface area contributed by atoms with Crippen molar-refractivity contribution in [3.8, 4) is 0 Å². The van der Waals surface area contributed by atoms with Crippen molar-refractivity contribution in [3.05, 3.63) is 11.7 Å². The van der Waals surface area contributed by atoms with Crippen molar-refractivity contribution < 1.29 is 9.32 Å². The molecule has 0 saturated carbocycles. The molecule has 2 atom stereocenters. The van der Waals surface area contributed by atoms with Crippen molar-refractivity contribution in [1.82, 2.24) is 25.3 Å². The van der Waals surface area contributed by atoms with Gasteiger partial charge in [-0.15, -0.1) is 0 Å². The molecule has 1 aromatic heterocycles. The Balaban J connectivity index is 1.43. The molecule has 3 rings (SSSR count). The Morgan fingerprint density at radius 3 is 2.78 bits per heavy atom. The van der Waals surface area contributed by atoms with Crippen LogP contribution in [0, 0.1) is 12.8 Å². The molecule has 2 unspecified atom stereocenters. The number of amides is 1. The van der Waals surface area contributed by atoms with Gasteiger partial charge in [0.15, 0.2) is 5.82 Å². The molecule has 7 nitrogen and oxygen atoms in total. The maximum absolute atomic E-state index is 12.4. The van der Waals surface area contributed by atoms with Crippen LogP contribution in [-0.4, -0.2) is 65.1 Å². The first-order valence-corrected chi connectivity index (χ1v) is 8.66. The number of carbonyl (C=O) groups is 1. The number of piperazine rings is 1. The third-order valence-electron chi connectivity index (χ3n) is 5.04. The number of carbonyl (C=O) groups excluding carboxylic acids is 1. The Morgan fingerprint density at radius 2 is 2.17 bits per heavy atom. The highest BCUT2D eigenvalue weighted by molar-refractivity contribution is 5.76. The van der Waals surface area contributed by atoms with Gasteiger partial charge in [-0.2, -0.15) is 4.98 Å². The van der Waals surface area contributed by atoms with E-state index in [-0.39, 0.29) is 6.04 Å². The highest BCUT2D eigenvalue weighted by Crippen LogP contribution is 2.21. The second kappa shape index (κ2) is 7.40. The van der Waals surface area contributed by atoms with Gasteiger partial charge in [0.2, 0.25) is 11.8 Å². The van der Waals surface area contributed by atoms with E-state index in [1.54, 1.807) is 0 Å². The molecule has 0 spiro atoms. The van der Waals surface area contributed by atoms with Crippen molar-refractivity contribution in [2.45, 2.75) is 39.2 Å². The minimum Gasteiger partial charge on any atom is -0.340 e. The predicted molar refractivity (Wildman–Crippen MR) is 85.8 cm³/mol. The highest BCUT2D eigenvalue weighted by Gasteiger charge is 2.27. The molecule has 0 aliphatic carbocycles. The van der Waals surface area contributed by atoms with Crippen molar-refractivity contribution in [2.75, 3.05) is 39.3 Å². The van der Waals surface area contributed by atoms with Crippen LogP contribution in [-0.2, 0) is 4.79 Å². The monoisotopic (exact) mass is 321 g/mol. The molecule has 1 N–H and O–H groups in total. The van der Waals surface area contributed by atoms with E-state index in [0.717, 1.165) is 45.7 Å².